The molecule has 1 fully saturated rings. The zero-order chi connectivity index (χ0) is 21.7. The van der Waals surface area contributed by atoms with Gasteiger partial charge in [0.15, 0.2) is 0 Å². The summed E-state index contributed by atoms with van der Waals surface area (Å²) in [6.45, 7) is 2.16. The van der Waals surface area contributed by atoms with E-state index in [0.29, 0.717) is 27.2 Å². The van der Waals surface area contributed by atoms with E-state index in [9.17, 15) is 9.59 Å². The van der Waals surface area contributed by atoms with E-state index in [1.54, 1.807) is 48.5 Å². The van der Waals surface area contributed by atoms with Gasteiger partial charge in [-0.3, -0.25) is 14.5 Å². The molecule has 0 bridgehead atoms. The molecule has 1 saturated carbocycles. The zero-order valence-electron chi connectivity index (χ0n) is 16.8. The predicted molar refractivity (Wildman–Crippen MR) is 123 cm³/mol. The lowest BCUT2D eigenvalue weighted by Crippen LogP contribution is -2.49. The van der Waals surface area contributed by atoms with Gasteiger partial charge in [-0.2, -0.15) is 0 Å². The van der Waals surface area contributed by atoms with Crippen molar-refractivity contribution in [3.05, 3.63) is 64.1 Å². The predicted octanol–water partition coefficient (Wildman–Crippen LogP) is 6.00. The fourth-order valence-electron chi connectivity index (χ4n) is 3.96. The van der Waals surface area contributed by atoms with Crippen LogP contribution < -0.4 is 10.2 Å². The van der Waals surface area contributed by atoms with Gasteiger partial charge < -0.3 is 5.32 Å². The highest BCUT2D eigenvalue weighted by molar-refractivity contribution is 6.31. The van der Waals surface area contributed by atoms with Crippen molar-refractivity contribution in [2.75, 3.05) is 10.8 Å². The van der Waals surface area contributed by atoms with E-state index in [-0.39, 0.29) is 23.7 Å². The van der Waals surface area contributed by atoms with Crippen LogP contribution in [-0.2, 0) is 9.59 Å². The van der Waals surface area contributed by atoms with Crippen LogP contribution in [0, 0.1) is 5.92 Å². The number of nitrogens with one attached hydrogen (secondary N) is 1. The van der Waals surface area contributed by atoms with E-state index in [4.69, 9.17) is 34.8 Å². The number of benzene rings is 2. The Balaban J connectivity index is 2.01. The van der Waals surface area contributed by atoms with Gasteiger partial charge in [0.05, 0.1) is 0 Å². The molecular formula is C23H25Cl3N2O2. The lowest BCUT2D eigenvalue weighted by molar-refractivity contribution is -0.126. The molecule has 160 valence electrons. The minimum atomic E-state index is -0.871. The second-order valence-corrected chi connectivity index (χ2v) is 8.84. The van der Waals surface area contributed by atoms with E-state index >= 15 is 0 Å². The number of rotatable bonds is 6. The van der Waals surface area contributed by atoms with Crippen LogP contribution in [0.1, 0.15) is 44.2 Å². The van der Waals surface area contributed by atoms with Gasteiger partial charge in [0.1, 0.15) is 11.9 Å². The topological polar surface area (TPSA) is 49.4 Å². The Morgan fingerprint density at radius 3 is 2.13 bits per heavy atom. The summed E-state index contributed by atoms with van der Waals surface area (Å²) in [6, 6.07) is 13.0. The van der Waals surface area contributed by atoms with Crippen LogP contribution in [-0.4, -0.2) is 23.7 Å². The molecule has 2 aromatic carbocycles. The molecule has 4 nitrogen and oxygen atoms in total. The molecule has 0 saturated heterocycles. The number of hydrogen-bond acceptors (Lipinski definition) is 2. The first-order chi connectivity index (χ1) is 14.4. The molecule has 1 aliphatic rings. The first kappa shape index (κ1) is 22.9. The van der Waals surface area contributed by atoms with Crippen molar-refractivity contribution in [3.8, 4) is 0 Å². The Morgan fingerprint density at radius 2 is 1.57 bits per heavy atom. The zero-order valence-corrected chi connectivity index (χ0v) is 19.1. The van der Waals surface area contributed by atoms with Crippen molar-refractivity contribution >= 4 is 52.3 Å². The first-order valence-corrected chi connectivity index (χ1v) is 11.4. The van der Waals surface area contributed by atoms with Crippen LogP contribution in [0.3, 0.4) is 0 Å². The number of alkyl halides is 1. The molecule has 1 aliphatic carbocycles. The summed E-state index contributed by atoms with van der Waals surface area (Å²) in [4.78, 5) is 27.9. The van der Waals surface area contributed by atoms with Gasteiger partial charge in [0.25, 0.3) is 0 Å². The highest BCUT2D eigenvalue weighted by atomic mass is 35.5. The van der Waals surface area contributed by atoms with Crippen LogP contribution in [0.15, 0.2) is 48.5 Å². The average molecular weight is 468 g/mol. The smallest absolute Gasteiger partial charge is 0.248 e. The van der Waals surface area contributed by atoms with E-state index in [2.05, 4.69) is 12.2 Å². The largest absolute Gasteiger partial charge is 0.351 e. The molecule has 0 heterocycles. The molecule has 30 heavy (non-hydrogen) atoms. The number of carbonyl (C=O) groups excluding carboxylic acids is 2. The molecule has 0 spiro atoms. The van der Waals surface area contributed by atoms with Crippen molar-refractivity contribution < 1.29 is 9.59 Å². The van der Waals surface area contributed by atoms with Crippen molar-refractivity contribution in [2.24, 2.45) is 5.92 Å². The maximum Gasteiger partial charge on any atom is 0.248 e. The summed E-state index contributed by atoms with van der Waals surface area (Å²) in [5.74, 6) is -0.462. The lowest BCUT2D eigenvalue weighted by Gasteiger charge is -2.35. The van der Waals surface area contributed by atoms with Gasteiger partial charge in [0.2, 0.25) is 11.8 Å². The third kappa shape index (κ3) is 5.48. The molecule has 7 heteroatoms. The van der Waals surface area contributed by atoms with Crippen molar-refractivity contribution in [1.82, 2.24) is 5.32 Å². The standard InChI is InChI=1S/C23H25Cl3N2O2/c1-15-4-2-3-5-20(15)27-23(30)22(16-6-8-17(25)9-7-16)28(21(29)14-24)19-12-10-18(26)11-13-19/h6-13,15,20,22H,2-5,14H2,1H3,(H,27,30). The highest BCUT2D eigenvalue weighted by Crippen LogP contribution is 2.31. The maximum absolute atomic E-state index is 13.5. The first-order valence-electron chi connectivity index (χ1n) is 10.1. The van der Waals surface area contributed by atoms with Crippen molar-refractivity contribution in [3.63, 3.8) is 0 Å². The molecule has 0 aliphatic heterocycles. The van der Waals surface area contributed by atoms with E-state index in [1.165, 1.54) is 11.3 Å². The Morgan fingerprint density at radius 1 is 1.00 bits per heavy atom. The molecule has 3 rings (SSSR count). The molecule has 2 aromatic rings. The van der Waals surface area contributed by atoms with Crippen LogP contribution in [0.2, 0.25) is 10.0 Å². The summed E-state index contributed by atoms with van der Waals surface area (Å²) < 4.78 is 0. The summed E-state index contributed by atoms with van der Waals surface area (Å²) in [7, 11) is 0. The number of hydrogen-bond donors (Lipinski definition) is 1. The quantitative estimate of drug-likeness (QED) is 0.530. The van der Waals surface area contributed by atoms with Crippen molar-refractivity contribution in [2.45, 2.75) is 44.7 Å². The van der Waals surface area contributed by atoms with Crippen molar-refractivity contribution in [1.29, 1.82) is 0 Å². The molecular weight excluding hydrogens is 443 g/mol. The van der Waals surface area contributed by atoms with Crippen LogP contribution in [0.5, 0.6) is 0 Å². The molecule has 3 atom stereocenters. The second-order valence-electron chi connectivity index (χ2n) is 7.70. The number of halogens is 3. The molecule has 0 radical (unpaired) electrons. The van der Waals surface area contributed by atoms with Gasteiger partial charge in [0, 0.05) is 21.8 Å². The number of carbonyl (C=O) groups is 2. The minimum Gasteiger partial charge on any atom is -0.351 e. The fraction of sp³-hybridized carbons (Fsp3) is 0.391. The van der Waals surface area contributed by atoms with Gasteiger partial charge in [-0.25, -0.2) is 0 Å². The summed E-state index contributed by atoms with van der Waals surface area (Å²) in [5, 5.41) is 4.29. The van der Waals surface area contributed by atoms with Crippen LogP contribution >= 0.6 is 34.8 Å². The normalized spacial score (nSPS) is 19.7. The van der Waals surface area contributed by atoms with E-state index < -0.39 is 6.04 Å². The SMILES string of the molecule is CC1CCCCC1NC(=O)C(c1ccc(Cl)cc1)N(C(=O)CCl)c1ccc(Cl)cc1. The lowest BCUT2D eigenvalue weighted by atomic mass is 9.85. The second kappa shape index (κ2) is 10.5. The molecule has 2 amide bonds. The third-order valence-corrected chi connectivity index (χ3v) is 6.35. The Kier molecular flexibility index (Phi) is 8.04. The Bertz CT molecular complexity index is 871. The van der Waals surface area contributed by atoms with E-state index in [1.807, 2.05) is 0 Å². The third-order valence-electron chi connectivity index (χ3n) is 5.62. The Labute approximate surface area is 192 Å². The molecule has 0 aromatic heterocycles. The summed E-state index contributed by atoms with van der Waals surface area (Å²) in [5.41, 5.74) is 1.21. The average Bonchev–Trinajstić information content (AvgIpc) is 2.75. The van der Waals surface area contributed by atoms with Crippen LogP contribution in [0.25, 0.3) is 0 Å². The highest BCUT2D eigenvalue weighted by Gasteiger charge is 2.34. The molecule has 1 N–H and O–H groups in total. The number of amides is 2. The van der Waals surface area contributed by atoms with Gasteiger partial charge in [-0.05, 0) is 60.7 Å². The summed E-state index contributed by atoms with van der Waals surface area (Å²) in [6.07, 6.45) is 4.28. The van der Waals surface area contributed by atoms with E-state index in [0.717, 1.165) is 19.3 Å². The van der Waals surface area contributed by atoms with Gasteiger partial charge in [-0.1, -0.05) is 55.1 Å². The minimum absolute atomic E-state index is 0.0826. The van der Waals surface area contributed by atoms with Gasteiger partial charge in [-0.15, -0.1) is 11.6 Å². The fourth-order valence-corrected chi connectivity index (χ4v) is 4.34. The number of nitrogens with zero attached hydrogens (tertiary/aromatic N) is 1. The monoisotopic (exact) mass is 466 g/mol. The van der Waals surface area contributed by atoms with Crippen LogP contribution in [0.4, 0.5) is 5.69 Å². The summed E-state index contributed by atoms with van der Waals surface area (Å²) >= 11 is 18.0. The number of anilines is 1. The molecule has 3 unspecified atom stereocenters. The maximum atomic E-state index is 13.5. The Hall–Kier alpha value is -1.75. The van der Waals surface area contributed by atoms with Gasteiger partial charge >= 0.3 is 0 Å².